The molecule has 0 unspecified atom stereocenters. The van der Waals surface area contributed by atoms with Gasteiger partial charge in [0.05, 0.1) is 0 Å². The lowest BCUT2D eigenvalue weighted by molar-refractivity contribution is -0.123. The Balaban J connectivity index is 1.48. The molecule has 0 saturated carbocycles. The van der Waals surface area contributed by atoms with Gasteiger partial charge in [0.2, 0.25) is 5.91 Å². The number of hydrogen-bond acceptors (Lipinski definition) is 4. The number of fused-ring (bicyclic) bond motifs is 1. The molecule has 1 amide bonds. The van der Waals surface area contributed by atoms with Crippen molar-refractivity contribution in [1.82, 2.24) is 30.1 Å². The highest BCUT2D eigenvalue weighted by Gasteiger charge is 2.23. The van der Waals surface area contributed by atoms with Crippen molar-refractivity contribution in [3.05, 3.63) is 77.7 Å². The summed E-state index contributed by atoms with van der Waals surface area (Å²) in [5, 5.41) is 15.9. The molecule has 0 fully saturated rings. The van der Waals surface area contributed by atoms with Gasteiger partial charge in [-0.1, -0.05) is 48.0 Å². The molecule has 2 heterocycles. The van der Waals surface area contributed by atoms with Crippen LogP contribution in [0.4, 0.5) is 0 Å². The zero-order valence-corrected chi connectivity index (χ0v) is 15.1. The van der Waals surface area contributed by atoms with E-state index in [0.717, 1.165) is 21.5 Å². The standard InChI is InChI=1S/C19H17ClN6O/c20-16-7-4-8-17-15(16)9-11-25(17)12-10-21-19(27)18(26-13-22-23-24-26)14-5-2-1-3-6-14/h1-9,11,13,18H,10,12H2,(H,21,27)/t18-/m0/s1. The van der Waals surface area contributed by atoms with Gasteiger partial charge in [0, 0.05) is 35.2 Å². The SMILES string of the molecule is O=C(NCCn1ccc2c(Cl)cccc21)[C@H](c1ccccc1)n1cnnn1. The quantitative estimate of drug-likeness (QED) is 0.558. The number of nitrogens with zero attached hydrogens (tertiary/aromatic N) is 5. The van der Waals surface area contributed by atoms with Gasteiger partial charge in [-0.2, -0.15) is 0 Å². The van der Waals surface area contributed by atoms with Crippen LogP contribution < -0.4 is 5.32 Å². The Kier molecular flexibility index (Phi) is 4.84. The van der Waals surface area contributed by atoms with Crippen LogP contribution in [0.5, 0.6) is 0 Å². The molecule has 0 radical (unpaired) electrons. The molecule has 7 nitrogen and oxygen atoms in total. The van der Waals surface area contributed by atoms with Gasteiger partial charge in [-0.25, -0.2) is 4.68 Å². The highest BCUT2D eigenvalue weighted by Crippen LogP contribution is 2.24. The largest absolute Gasteiger partial charge is 0.352 e. The number of tetrazole rings is 1. The summed E-state index contributed by atoms with van der Waals surface area (Å²) in [6.45, 7) is 1.10. The lowest BCUT2D eigenvalue weighted by atomic mass is 10.1. The minimum Gasteiger partial charge on any atom is -0.352 e. The van der Waals surface area contributed by atoms with Crippen LogP contribution in [0.2, 0.25) is 5.02 Å². The molecule has 1 N–H and O–H groups in total. The van der Waals surface area contributed by atoms with E-state index in [0.29, 0.717) is 13.1 Å². The van der Waals surface area contributed by atoms with E-state index in [1.54, 1.807) is 0 Å². The van der Waals surface area contributed by atoms with E-state index in [2.05, 4.69) is 25.4 Å². The Morgan fingerprint density at radius 2 is 1.96 bits per heavy atom. The van der Waals surface area contributed by atoms with Crippen molar-refractivity contribution < 1.29 is 4.79 Å². The van der Waals surface area contributed by atoms with Crippen LogP contribution in [-0.4, -0.2) is 37.2 Å². The predicted octanol–water partition coefficient (Wildman–Crippen LogP) is 2.69. The molecule has 0 spiro atoms. The van der Waals surface area contributed by atoms with Crippen molar-refractivity contribution in [3.63, 3.8) is 0 Å². The summed E-state index contributed by atoms with van der Waals surface area (Å²) in [7, 11) is 0. The second-order valence-electron chi connectivity index (χ2n) is 6.08. The maximum Gasteiger partial charge on any atom is 0.249 e. The summed E-state index contributed by atoms with van der Waals surface area (Å²) >= 11 is 6.22. The monoisotopic (exact) mass is 380 g/mol. The van der Waals surface area contributed by atoms with Crippen molar-refractivity contribution in [2.45, 2.75) is 12.6 Å². The molecule has 0 bridgehead atoms. The van der Waals surface area contributed by atoms with Crippen molar-refractivity contribution in [2.75, 3.05) is 6.54 Å². The average molecular weight is 381 g/mol. The second kappa shape index (κ2) is 7.59. The minimum atomic E-state index is -0.614. The van der Waals surface area contributed by atoms with E-state index < -0.39 is 6.04 Å². The van der Waals surface area contributed by atoms with Gasteiger partial charge in [0.1, 0.15) is 6.33 Å². The van der Waals surface area contributed by atoms with Crippen molar-refractivity contribution in [1.29, 1.82) is 0 Å². The summed E-state index contributed by atoms with van der Waals surface area (Å²) in [6, 6.07) is 16.6. The predicted molar refractivity (Wildman–Crippen MR) is 102 cm³/mol. The van der Waals surface area contributed by atoms with Crippen LogP contribution in [0.25, 0.3) is 10.9 Å². The first-order chi connectivity index (χ1) is 13.2. The zero-order valence-electron chi connectivity index (χ0n) is 14.4. The van der Waals surface area contributed by atoms with E-state index in [1.165, 1.54) is 11.0 Å². The van der Waals surface area contributed by atoms with Crippen LogP contribution in [0.15, 0.2) is 67.1 Å². The molecule has 0 aliphatic heterocycles. The molecule has 4 rings (SSSR count). The Hall–Kier alpha value is -3.19. The molecule has 0 saturated heterocycles. The van der Waals surface area contributed by atoms with E-state index in [1.807, 2.05) is 60.8 Å². The number of rotatable bonds is 6. The van der Waals surface area contributed by atoms with Crippen LogP contribution >= 0.6 is 11.6 Å². The zero-order chi connectivity index (χ0) is 18.6. The first-order valence-corrected chi connectivity index (χ1v) is 8.90. The Labute approximate surface area is 160 Å². The van der Waals surface area contributed by atoms with E-state index in [-0.39, 0.29) is 5.91 Å². The second-order valence-corrected chi connectivity index (χ2v) is 6.48. The molecule has 8 heteroatoms. The molecular formula is C19H17ClN6O. The number of hydrogen-bond donors (Lipinski definition) is 1. The number of aromatic nitrogens is 5. The molecule has 136 valence electrons. The van der Waals surface area contributed by atoms with Crippen molar-refractivity contribution in [3.8, 4) is 0 Å². The highest BCUT2D eigenvalue weighted by atomic mass is 35.5. The van der Waals surface area contributed by atoms with Gasteiger partial charge >= 0.3 is 0 Å². The van der Waals surface area contributed by atoms with Gasteiger partial charge in [-0.15, -0.1) is 5.10 Å². The molecular weight excluding hydrogens is 364 g/mol. The summed E-state index contributed by atoms with van der Waals surface area (Å²) in [4.78, 5) is 12.8. The van der Waals surface area contributed by atoms with E-state index >= 15 is 0 Å². The van der Waals surface area contributed by atoms with Gasteiger partial charge in [0.15, 0.2) is 6.04 Å². The smallest absolute Gasteiger partial charge is 0.249 e. The number of nitrogens with one attached hydrogen (secondary N) is 1. The van der Waals surface area contributed by atoms with Crippen LogP contribution in [0, 0.1) is 0 Å². The maximum atomic E-state index is 12.8. The molecule has 1 atom stereocenters. The van der Waals surface area contributed by atoms with Crippen LogP contribution in [0.3, 0.4) is 0 Å². The summed E-state index contributed by atoms with van der Waals surface area (Å²) in [5.41, 5.74) is 1.86. The highest BCUT2D eigenvalue weighted by molar-refractivity contribution is 6.35. The minimum absolute atomic E-state index is 0.164. The van der Waals surface area contributed by atoms with Gasteiger partial charge in [-0.3, -0.25) is 4.79 Å². The van der Waals surface area contributed by atoms with Gasteiger partial charge < -0.3 is 9.88 Å². The first kappa shape index (κ1) is 17.2. The average Bonchev–Trinajstić information content (AvgIpc) is 3.34. The summed E-state index contributed by atoms with van der Waals surface area (Å²) in [5.74, 6) is -0.164. The van der Waals surface area contributed by atoms with Crippen LogP contribution in [0.1, 0.15) is 11.6 Å². The van der Waals surface area contributed by atoms with Gasteiger partial charge in [-0.05, 0) is 34.2 Å². The normalized spacial score (nSPS) is 12.2. The topological polar surface area (TPSA) is 77.6 Å². The fourth-order valence-electron chi connectivity index (χ4n) is 3.12. The van der Waals surface area contributed by atoms with Crippen LogP contribution in [-0.2, 0) is 11.3 Å². The maximum absolute atomic E-state index is 12.8. The number of halogens is 1. The Morgan fingerprint density at radius 1 is 1.11 bits per heavy atom. The van der Waals surface area contributed by atoms with Gasteiger partial charge in [0.25, 0.3) is 0 Å². The number of carbonyl (C=O) groups is 1. The summed E-state index contributed by atoms with van der Waals surface area (Å²) < 4.78 is 3.52. The molecule has 2 aromatic carbocycles. The van der Waals surface area contributed by atoms with E-state index in [4.69, 9.17) is 11.6 Å². The number of amides is 1. The van der Waals surface area contributed by atoms with Crippen molar-refractivity contribution in [2.24, 2.45) is 0 Å². The fraction of sp³-hybridized carbons (Fsp3) is 0.158. The third-order valence-electron chi connectivity index (χ3n) is 4.41. The number of benzene rings is 2. The number of carbonyl (C=O) groups excluding carboxylic acids is 1. The Morgan fingerprint density at radius 3 is 2.74 bits per heavy atom. The van der Waals surface area contributed by atoms with E-state index in [9.17, 15) is 4.79 Å². The lowest BCUT2D eigenvalue weighted by Gasteiger charge is -2.17. The molecule has 4 aromatic rings. The first-order valence-electron chi connectivity index (χ1n) is 8.52. The Bertz CT molecular complexity index is 1040. The lowest BCUT2D eigenvalue weighted by Crippen LogP contribution is -2.35. The molecule has 2 aromatic heterocycles. The third kappa shape index (κ3) is 3.54. The third-order valence-corrected chi connectivity index (χ3v) is 4.74. The molecule has 0 aliphatic rings. The fourth-order valence-corrected chi connectivity index (χ4v) is 3.36. The molecule has 0 aliphatic carbocycles. The summed E-state index contributed by atoms with van der Waals surface area (Å²) in [6.07, 6.45) is 3.41. The molecule has 27 heavy (non-hydrogen) atoms. The van der Waals surface area contributed by atoms with Crippen molar-refractivity contribution >= 4 is 28.4 Å².